The van der Waals surface area contributed by atoms with Crippen molar-refractivity contribution < 1.29 is 18.7 Å². The first kappa shape index (κ1) is 23.8. The highest BCUT2D eigenvalue weighted by atomic mass is 19.1. The number of nitrogens with zero attached hydrogens (tertiary/aromatic N) is 2. The number of hydrogen-bond acceptors (Lipinski definition) is 5. The van der Waals surface area contributed by atoms with Crippen LogP contribution in [0.25, 0.3) is 11.6 Å². The lowest BCUT2D eigenvalue weighted by Crippen LogP contribution is -2.50. The molecule has 7 heteroatoms. The van der Waals surface area contributed by atoms with Gasteiger partial charge >= 0.3 is 0 Å². The molecule has 0 bridgehead atoms. The molecule has 3 heterocycles. The van der Waals surface area contributed by atoms with Gasteiger partial charge in [0.05, 0.1) is 25.5 Å². The molecule has 2 fully saturated rings. The Bertz CT molecular complexity index is 1070. The normalized spacial score (nSPS) is 19.0. The number of ether oxygens (including phenoxy) is 2. The van der Waals surface area contributed by atoms with Gasteiger partial charge in [-0.15, -0.1) is 0 Å². The molecule has 2 aromatic rings. The van der Waals surface area contributed by atoms with E-state index < -0.39 is 0 Å². The third-order valence-electron chi connectivity index (χ3n) is 7.21. The summed E-state index contributed by atoms with van der Waals surface area (Å²) in [6, 6.07) is 11.4. The Kier molecular flexibility index (Phi) is 7.35. The second-order valence-electron chi connectivity index (χ2n) is 9.45. The monoisotopic (exact) mass is 479 g/mol. The van der Waals surface area contributed by atoms with E-state index in [0.717, 1.165) is 69.8 Å². The van der Waals surface area contributed by atoms with E-state index in [0.29, 0.717) is 41.8 Å². The Morgan fingerprint density at radius 3 is 2.54 bits per heavy atom. The summed E-state index contributed by atoms with van der Waals surface area (Å²) in [5.74, 6) is 0.486. The number of amides is 1. The van der Waals surface area contributed by atoms with Crippen LogP contribution in [-0.4, -0.2) is 74.3 Å². The van der Waals surface area contributed by atoms with E-state index in [1.165, 1.54) is 6.07 Å². The average Bonchev–Trinajstić information content (AvgIpc) is 2.93. The van der Waals surface area contributed by atoms with Crippen LogP contribution in [0.3, 0.4) is 0 Å². The zero-order valence-corrected chi connectivity index (χ0v) is 20.4. The minimum absolute atomic E-state index is 0.0850. The summed E-state index contributed by atoms with van der Waals surface area (Å²) in [6.45, 7) is 8.39. The molecule has 1 N–H and O–H groups in total. The van der Waals surface area contributed by atoms with Gasteiger partial charge in [0.2, 0.25) is 0 Å². The molecule has 0 saturated carbocycles. The number of hydrogen-bond donors (Lipinski definition) is 1. The number of benzene rings is 2. The molecule has 35 heavy (non-hydrogen) atoms. The average molecular weight is 480 g/mol. The predicted molar refractivity (Wildman–Crippen MR) is 136 cm³/mol. The molecule has 5 rings (SSSR count). The van der Waals surface area contributed by atoms with Gasteiger partial charge in [0.25, 0.3) is 5.91 Å². The van der Waals surface area contributed by atoms with Gasteiger partial charge in [-0.1, -0.05) is 19.1 Å². The molecule has 0 aromatic heterocycles. The molecule has 3 aliphatic rings. The lowest BCUT2D eigenvalue weighted by molar-refractivity contribution is 0.00159. The molecular weight excluding hydrogens is 445 g/mol. The van der Waals surface area contributed by atoms with Crippen molar-refractivity contribution in [3.63, 3.8) is 0 Å². The third kappa shape index (κ3) is 5.21. The van der Waals surface area contributed by atoms with Crippen molar-refractivity contribution in [2.24, 2.45) is 0 Å². The quantitative estimate of drug-likeness (QED) is 0.661. The molecule has 1 amide bonds. The third-order valence-corrected chi connectivity index (χ3v) is 7.21. The van der Waals surface area contributed by atoms with E-state index in [1.807, 2.05) is 42.2 Å². The number of anilines is 1. The summed E-state index contributed by atoms with van der Waals surface area (Å²) in [5.41, 5.74) is 3.88. The fourth-order valence-electron chi connectivity index (χ4n) is 5.21. The number of likely N-dealkylation sites (tertiary alicyclic amines) is 1. The van der Waals surface area contributed by atoms with Crippen molar-refractivity contribution in [3.8, 4) is 5.75 Å². The van der Waals surface area contributed by atoms with Crippen LogP contribution in [0.5, 0.6) is 5.75 Å². The van der Waals surface area contributed by atoms with Gasteiger partial charge in [0.15, 0.2) is 0 Å². The first-order valence-corrected chi connectivity index (χ1v) is 12.8. The van der Waals surface area contributed by atoms with Gasteiger partial charge in [-0.2, -0.15) is 0 Å². The van der Waals surface area contributed by atoms with Crippen LogP contribution in [0.4, 0.5) is 10.1 Å². The minimum atomic E-state index is -0.277. The van der Waals surface area contributed by atoms with E-state index in [9.17, 15) is 9.18 Å². The Morgan fingerprint density at radius 1 is 1.09 bits per heavy atom. The maximum Gasteiger partial charge on any atom is 0.253 e. The number of fused-ring (bicyclic) bond motifs is 1. The van der Waals surface area contributed by atoms with Crippen LogP contribution in [0.1, 0.15) is 47.7 Å². The van der Waals surface area contributed by atoms with E-state index >= 15 is 0 Å². The van der Waals surface area contributed by atoms with Crippen LogP contribution < -0.4 is 10.1 Å². The highest BCUT2D eigenvalue weighted by Crippen LogP contribution is 2.37. The number of piperidine rings is 1. The summed E-state index contributed by atoms with van der Waals surface area (Å²) in [4.78, 5) is 17.6. The van der Waals surface area contributed by atoms with Crippen molar-refractivity contribution in [1.29, 1.82) is 0 Å². The molecular formula is C28H34FN3O3. The minimum Gasteiger partial charge on any atom is -0.491 e. The summed E-state index contributed by atoms with van der Waals surface area (Å²) < 4.78 is 25.8. The second kappa shape index (κ2) is 10.8. The number of carbonyl (C=O) groups excluding carboxylic acids is 1. The highest BCUT2D eigenvalue weighted by Gasteiger charge is 2.28. The topological polar surface area (TPSA) is 54.0 Å². The van der Waals surface area contributed by atoms with Gasteiger partial charge in [-0.3, -0.25) is 9.69 Å². The van der Waals surface area contributed by atoms with Crippen molar-refractivity contribution >= 4 is 23.2 Å². The maximum absolute atomic E-state index is 14.6. The lowest BCUT2D eigenvalue weighted by Gasteiger charge is -2.40. The molecule has 0 radical (unpaired) electrons. The van der Waals surface area contributed by atoms with Crippen LogP contribution >= 0.6 is 0 Å². The SMILES string of the molecule is CCCOc1ccc(F)c2c1NCC(c1ccc(C(=O)N3CCC(N4CCOCC4)CC3)cc1)=C2. The molecule has 0 unspecified atom stereocenters. The van der Waals surface area contributed by atoms with Gasteiger partial charge in [0.1, 0.15) is 11.6 Å². The summed E-state index contributed by atoms with van der Waals surface area (Å²) in [5, 5.41) is 3.33. The van der Waals surface area contributed by atoms with Crippen molar-refractivity contribution in [2.75, 3.05) is 57.9 Å². The number of carbonyl (C=O) groups is 1. The fourth-order valence-corrected chi connectivity index (χ4v) is 5.21. The Morgan fingerprint density at radius 2 is 1.83 bits per heavy atom. The first-order chi connectivity index (χ1) is 17.1. The van der Waals surface area contributed by atoms with Crippen molar-refractivity contribution in [3.05, 3.63) is 58.9 Å². The van der Waals surface area contributed by atoms with E-state index in [-0.39, 0.29) is 11.7 Å². The Hall–Kier alpha value is -2.90. The molecule has 3 aliphatic heterocycles. The van der Waals surface area contributed by atoms with Crippen LogP contribution in [0, 0.1) is 5.82 Å². The molecule has 0 aliphatic carbocycles. The van der Waals surface area contributed by atoms with Crippen LogP contribution in [0.15, 0.2) is 36.4 Å². The largest absolute Gasteiger partial charge is 0.491 e. The lowest BCUT2D eigenvalue weighted by atomic mass is 9.96. The standard InChI is InChI=1S/C28H34FN3O3/c1-2-15-35-26-8-7-25(29)24-18-22(19-30-27(24)26)20-3-5-21(6-4-20)28(33)32-11-9-23(10-12-32)31-13-16-34-17-14-31/h3-8,18,23,30H,2,9-17,19H2,1H3. The molecule has 2 saturated heterocycles. The molecule has 0 spiro atoms. The number of morpholine rings is 1. The summed E-state index contributed by atoms with van der Waals surface area (Å²) >= 11 is 0. The molecule has 6 nitrogen and oxygen atoms in total. The van der Waals surface area contributed by atoms with Gasteiger partial charge < -0.3 is 19.7 Å². The van der Waals surface area contributed by atoms with Gasteiger partial charge in [-0.05, 0) is 60.7 Å². The molecule has 0 atom stereocenters. The van der Waals surface area contributed by atoms with E-state index in [1.54, 1.807) is 6.07 Å². The van der Waals surface area contributed by atoms with Crippen LogP contribution in [0.2, 0.25) is 0 Å². The van der Waals surface area contributed by atoms with Crippen molar-refractivity contribution in [2.45, 2.75) is 32.2 Å². The molecule has 186 valence electrons. The highest BCUT2D eigenvalue weighted by molar-refractivity contribution is 5.96. The summed E-state index contributed by atoms with van der Waals surface area (Å²) in [6.07, 6.45) is 4.80. The predicted octanol–water partition coefficient (Wildman–Crippen LogP) is 4.52. The molecule has 2 aromatic carbocycles. The van der Waals surface area contributed by atoms with E-state index in [2.05, 4.69) is 10.2 Å². The number of halogens is 1. The fraction of sp³-hybridized carbons (Fsp3) is 0.464. The second-order valence-corrected chi connectivity index (χ2v) is 9.45. The Labute approximate surface area is 206 Å². The van der Waals surface area contributed by atoms with Crippen molar-refractivity contribution in [1.82, 2.24) is 9.80 Å². The number of rotatable bonds is 6. The smallest absolute Gasteiger partial charge is 0.253 e. The number of nitrogens with one attached hydrogen (secondary N) is 1. The van der Waals surface area contributed by atoms with Gasteiger partial charge in [-0.25, -0.2) is 4.39 Å². The van der Waals surface area contributed by atoms with Crippen LogP contribution in [-0.2, 0) is 4.74 Å². The summed E-state index contributed by atoms with van der Waals surface area (Å²) in [7, 11) is 0. The first-order valence-electron chi connectivity index (χ1n) is 12.8. The van der Waals surface area contributed by atoms with E-state index in [4.69, 9.17) is 9.47 Å². The maximum atomic E-state index is 14.6. The Balaban J connectivity index is 1.24. The zero-order chi connectivity index (χ0) is 24.2. The van der Waals surface area contributed by atoms with Gasteiger partial charge in [0, 0.05) is 49.9 Å². The zero-order valence-electron chi connectivity index (χ0n) is 20.4.